The summed E-state index contributed by atoms with van der Waals surface area (Å²) in [5, 5.41) is 45.6. The van der Waals surface area contributed by atoms with Gasteiger partial charge in [0.1, 0.15) is 32.9 Å². The van der Waals surface area contributed by atoms with E-state index in [4.69, 9.17) is 44.3 Å². The molecular weight excluding hydrogens is 1070 g/mol. The molecule has 0 atom stereocenters. The first kappa shape index (κ1) is 58.4. The van der Waals surface area contributed by atoms with Crippen molar-refractivity contribution in [3.8, 4) is 29.0 Å². The van der Waals surface area contributed by atoms with Gasteiger partial charge >= 0.3 is 0 Å². The lowest BCUT2D eigenvalue weighted by Gasteiger charge is -2.30. The summed E-state index contributed by atoms with van der Waals surface area (Å²) in [4.78, 5) is 13.1. The van der Waals surface area contributed by atoms with E-state index in [2.05, 4.69) is 37.0 Å². The number of aromatic hydroxyl groups is 2. The first-order valence-electron chi connectivity index (χ1n) is 25.2. The number of morpholine rings is 1. The van der Waals surface area contributed by atoms with E-state index in [-0.39, 0.29) is 83.4 Å². The zero-order valence-corrected chi connectivity index (χ0v) is 46.2. The van der Waals surface area contributed by atoms with Crippen LogP contribution >= 0.6 is 34.8 Å². The van der Waals surface area contributed by atoms with Crippen molar-refractivity contribution in [1.82, 2.24) is 9.78 Å². The maximum absolute atomic E-state index is 14.4. The second-order valence-corrected chi connectivity index (χ2v) is 22.7. The van der Waals surface area contributed by atoms with Gasteiger partial charge in [0.25, 0.3) is 20.0 Å². The van der Waals surface area contributed by atoms with Gasteiger partial charge in [0.05, 0.1) is 75.2 Å². The Kier molecular flexibility index (Phi) is 21.7. The van der Waals surface area contributed by atoms with Gasteiger partial charge in [0.2, 0.25) is 5.91 Å². The molecule has 6 rings (SSSR count). The standard InChI is InChI=1S/C52H64Cl3N9O9S2/c1-4-6-7-8-9-10-11-12-13-14-15-16-17-18-23-73-47-32-42(46(65)26-35(47)3)62-75(70,71)49-29-37(19-20-44(49)63-21-24-72-25-22-63)61-74(68,69)48-31-39(53)45(30-40(48)54)64-52(36(33-56)34-57-64)60-59-38-27-41(55)51(67)43(28-38)58-50(66)5-2/h19-20,26-32,34,61-62,65,67H,4-18,21-25H2,1-3H3,(H,58,66). The highest BCUT2D eigenvalue weighted by molar-refractivity contribution is 7.93. The minimum Gasteiger partial charge on any atom is -0.506 e. The van der Waals surface area contributed by atoms with E-state index < -0.39 is 30.8 Å². The number of nitrogens with zero attached hydrogens (tertiary/aromatic N) is 6. The Morgan fingerprint density at radius 1 is 0.760 bits per heavy atom. The van der Waals surface area contributed by atoms with Gasteiger partial charge in [-0.2, -0.15) is 10.4 Å². The Hall–Kier alpha value is -5.82. The summed E-state index contributed by atoms with van der Waals surface area (Å²) < 4.78 is 74.8. The number of phenolic OH excluding ortho intramolecular Hbond substituents is 2. The van der Waals surface area contributed by atoms with E-state index in [1.54, 1.807) is 18.7 Å². The van der Waals surface area contributed by atoms with Crippen LogP contribution in [0.5, 0.6) is 17.2 Å². The van der Waals surface area contributed by atoms with Crippen LogP contribution in [0.25, 0.3) is 5.69 Å². The first-order chi connectivity index (χ1) is 36.0. The third-order valence-corrected chi connectivity index (χ3v) is 16.3. The number of carbonyl (C=O) groups excluding carboxylic acids is 1. The van der Waals surface area contributed by atoms with Crippen LogP contribution in [-0.4, -0.2) is 75.6 Å². The average Bonchev–Trinajstić information content (AvgIpc) is 3.80. The lowest BCUT2D eigenvalue weighted by molar-refractivity contribution is -0.115. The molecule has 75 heavy (non-hydrogen) atoms. The van der Waals surface area contributed by atoms with Crippen molar-refractivity contribution in [2.75, 3.05) is 52.6 Å². The van der Waals surface area contributed by atoms with Crippen LogP contribution in [0.1, 0.15) is 121 Å². The number of benzene rings is 4. The molecule has 23 heteroatoms. The number of hydrogen-bond donors (Lipinski definition) is 5. The quantitative estimate of drug-likeness (QED) is 0.0178. The molecule has 5 aromatic rings. The summed E-state index contributed by atoms with van der Waals surface area (Å²) in [5.41, 5.74) is 0.620. The zero-order chi connectivity index (χ0) is 54.1. The van der Waals surface area contributed by atoms with Gasteiger partial charge in [-0.25, -0.2) is 21.5 Å². The topological polar surface area (TPSA) is 250 Å². The average molecular weight is 1130 g/mol. The summed E-state index contributed by atoms with van der Waals surface area (Å²) in [7, 11) is -9.15. The SMILES string of the molecule is CCCCCCCCCCCCCCCCOc1cc(NS(=O)(=O)c2cc(NS(=O)(=O)c3cc(Cl)c(-n4ncc(C#N)c4N=Nc4cc(Cl)c(O)c(NC(=O)CC)c4)cc3Cl)ccc2N2CCOCC2)c(O)cc1C. The van der Waals surface area contributed by atoms with E-state index in [1.165, 1.54) is 125 Å². The fraction of sp³-hybridized carbons (Fsp3) is 0.442. The lowest BCUT2D eigenvalue weighted by Crippen LogP contribution is -2.37. The van der Waals surface area contributed by atoms with E-state index in [1.807, 2.05) is 6.07 Å². The highest BCUT2D eigenvalue weighted by Crippen LogP contribution is 2.40. The van der Waals surface area contributed by atoms with Crippen LogP contribution in [0.15, 0.2) is 80.8 Å². The predicted molar refractivity (Wildman–Crippen MR) is 294 cm³/mol. The fourth-order valence-corrected chi connectivity index (χ4v) is 11.8. The maximum Gasteiger partial charge on any atom is 0.264 e. The van der Waals surface area contributed by atoms with E-state index in [0.29, 0.717) is 44.2 Å². The maximum atomic E-state index is 14.4. The Balaban J connectivity index is 1.16. The number of nitrogens with one attached hydrogen (secondary N) is 3. The van der Waals surface area contributed by atoms with E-state index >= 15 is 0 Å². The van der Waals surface area contributed by atoms with Gasteiger partial charge in [-0.1, -0.05) is 132 Å². The number of hydrogen-bond acceptors (Lipinski definition) is 14. The van der Waals surface area contributed by atoms with Crippen molar-refractivity contribution >= 4 is 95.0 Å². The molecule has 0 radical (unpaired) electrons. The number of amides is 1. The number of carbonyl (C=O) groups is 1. The number of aryl methyl sites for hydroxylation is 1. The van der Waals surface area contributed by atoms with Gasteiger partial charge in [0.15, 0.2) is 11.6 Å². The van der Waals surface area contributed by atoms with Gasteiger partial charge in [-0.15, -0.1) is 10.2 Å². The molecular formula is C52H64Cl3N9O9S2. The Morgan fingerprint density at radius 2 is 1.40 bits per heavy atom. The molecule has 0 bridgehead atoms. The molecule has 1 saturated heterocycles. The summed E-state index contributed by atoms with van der Waals surface area (Å²) in [5.74, 6) is -0.849. The lowest BCUT2D eigenvalue weighted by atomic mass is 10.0. The van der Waals surface area contributed by atoms with Crippen molar-refractivity contribution in [1.29, 1.82) is 5.26 Å². The summed E-state index contributed by atoms with van der Waals surface area (Å²) in [6, 6.07) is 13.7. The van der Waals surface area contributed by atoms with Gasteiger partial charge in [0, 0.05) is 25.6 Å². The molecule has 1 aliphatic rings. The number of aromatic nitrogens is 2. The molecule has 0 saturated carbocycles. The molecule has 1 amide bonds. The molecule has 18 nitrogen and oxygen atoms in total. The number of unbranched alkanes of at least 4 members (excludes halogenated alkanes) is 13. The zero-order valence-electron chi connectivity index (χ0n) is 42.3. The number of sulfonamides is 2. The third kappa shape index (κ3) is 16.1. The Bertz CT molecular complexity index is 3090. The molecule has 2 heterocycles. The Morgan fingerprint density at radius 3 is 2.04 bits per heavy atom. The molecule has 0 aliphatic carbocycles. The molecule has 1 aliphatic heterocycles. The van der Waals surface area contributed by atoms with Gasteiger partial charge in [-0.05, 0) is 67.4 Å². The van der Waals surface area contributed by atoms with Crippen molar-refractivity contribution in [3.05, 3.63) is 87.0 Å². The smallest absolute Gasteiger partial charge is 0.264 e. The molecule has 0 spiro atoms. The Labute approximate surface area is 454 Å². The summed E-state index contributed by atoms with van der Waals surface area (Å²) in [6.07, 6.45) is 18.5. The second kappa shape index (κ2) is 27.8. The highest BCUT2D eigenvalue weighted by atomic mass is 35.5. The van der Waals surface area contributed by atoms with Crippen LogP contribution in [0, 0.1) is 18.3 Å². The second-order valence-electron chi connectivity index (χ2n) is 18.1. The van der Waals surface area contributed by atoms with Crippen LogP contribution in [0.2, 0.25) is 15.1 Å². The first-order valence-corrected chi connectivity index (χ1v) is 29.3. The van der Waals surface area contributed by atoms with Crippen LogP contribution in [0.3, 0.4) is 0 Å². The molecule has 5 N–H and O–H groups in total. The molecule has 1 aromatic heterocycles. The normalized spacial score (nSPS) is 13.0. The van der Waals surface area contributed by atoms with Crippen LogP contribution in [-0.2, 0) is 29.6 Å². The molecule has 404 valence electrons. The van der Waals surface area contributed by atoms with E-state index in [0.717, 1.165) is 30.0 Å². The third-order valence-electron chi connectivity index (χ3n) is 12.4. The monoisotopic (exact) mass is 1130 g/mol. The van der Waals surface area contributed by atoms with Crippen molar-refractivity contribution < 1.29 is 41.3 Å². The summed E-state index contributed by atoms with van der Waals surface area (Å²) >= 11 is 19.6. The number of nitriles is 1. The highest BCUT2D eigenvalue weighted by Gasteiger charge is 2.28. The van der Waals surface area contributed by atoms with Crippen molar-refractivity contribution in [3.63, 3.8) is 0 Å². The fourth-order valence-electron chi connectivity index (χ4n) is 8.32. The molecule has 4 aromatic carbocycles. The van der Waals surface area contributed by atoms with Crippen molar-refractivity contribution in [2.45, 2.75) is 127 Å². The van der Waals surface area contributed by atoms with Gasteiger partial charge in [-0.3, -0.25) is 14.2 Å². The van der Waals surface area contributed by atoms with Crippen molar-refractivity contribution in [2.24, 2.45) is 10.2 Å². The number of azo groups is 1. The number of rotatable bonds is 28. The molecule has 1 fully saturated rings. The largest absolute Gasteiger partial charge is 0.506 e. The number of phenols is 2. The van der Waals surface area contributed by atoms with E-state index in [9.17, 15) is 37.1 Å². The summed E-state index contributed by atoms with van der Waals surface area (Å²) in [6.45, 7) is 7.38. The number of anilines is 4. The minimum absolute atomic E-state index is 0.00718. The van der Waals surface area contributed by atoms with Crippen LogP contribution < -0.4 is 24.4 Å². The number of halogens is 3. The van der Waals surface area contributed by atoms with Crippen LogP contribution in [0.4, 0.5) is 34.3 Å². The minimum atomic E-state index is -4.60. The molecule has 0 unspecified atom stereocenters. The predicted octanol–water partition coefficient (Wildman–Crippen LogP) is 13.5. The number of ether oxygens (including phenoxy) is 2. The van der Waals surface area contributed by atoms with Gasteiger partial charge < -0.3 is 29.9 Å².